The van der Waals surface area contributed by atoms with Gasteiger partial charge in [0.05, 0.1) is 11.4 Å². The minimum Gasteiger partial charge on any atom is -0.311 e. The van der Waals surface area contributed by atoms with Gasteiger partial charge in [-0.25, -0.2) is 4.98 Å². The maximum Gasteiger partial charge on any atom is 0.194 e. The molecule has 0 bridgehead atoms. The van der Waals surface area contributed by atoms with Crippen molar-refractivity contribution in [3.8, 4) is 0 Å². The van der Waals surface area contributed by atoms with Crippen molar-refractivity contribution in [1.29, 1.82) is 0 Å². The van der Waals surface area contributed by atoms with Crippen LogP contribution in [-0.2, 0) is 6.54 Å². The van der Waals surface area contributed by atoms with E-state index in [1.54, 1.807) is 11.3 Å². The summed E-state index contributed by atoms with van der Waals surface area (Å²) in [5, 5.41) is 5.73. The molecule has 1 N–H and O–H groups in total. The second kappa shape index (κ2) is 4.42. The van der Waals surface area contributed by atoms with Gasteiger partial charge in [0.2, 0.25) is 0 Å². The number of imidazole rings is 1. The minimum atomic E-state index is 0.942. The zero-order chi connectivity index (χ0) is 11.8. The fourth-order valence-electron chi connectivity index (χ4n) is 2.30. The first-order chi connectivity index (χ1) is 8.25. The van der Waals surface area contributed by atoms with Crippen LogP contribution in [-0.4, -0.2) is 15.9 Å². The summed E-state index contributed by atoms with van der Waals surface area (Å²) in [6, 6.07) is 0. The average Bonchev–Trinajstić information content (AvgIpc) is 2.99. The van der Waals surface area contributed by atoms with Gasteiger partial charge in [-0.1, -0.05) is 12.8 Å². The Hall–Kier alpha value is -0.870. The van der Waals surface area contributed by atoms with E-state index < -0.39 is 0 Å². The van der Waals surface area contributed by atoms with Gasteiger partial charge in [0.15, 0.2) is 4.96 Å². The van der Waals surface area contributed by atoms with Crippen molar-refractivity contribution in [1.82, 2.24) is 14.7 Å². The van der Waals surface area contributed by atoms with Crippen LogP contribution in [0.3, 0.4) is 0 Å². The molecule has 1 aliphatic rings. The zero-order valence-corrected chi connectivity index (χ0v) is 11.3. The topological polar surface area (TPSA) is 29.3 Å². The predicted molar refractivity (Wildman–Crippen MR) is 71.6 cm³/mol. The summed E-state index contributed by atoms with van der Waals surface area (Å²) >= 11 is 1.73. The number of aromatic nitrogens is 2. The third-order valence-electron chi connectivity index (χ3n) is 3.55. The molecule has 2 aromatic rings. The van der Waals surface area contributed by atoms with E-state index in [1.807, 2.05) is 0 Å². The lowest BCUT2D eigenvalue weighted by molar-refractivity contribution is 0.603. The number of thiazole rings is 1. The molecule has 3 nitrogen and oxygen atoms in total. The van der Waals surface area contributed by atoms with Gasteiger partial charge < -0.3 is 5.32 Å². The number of fused-ring (bicyclic) bond motifs is 1. The van der Waals surface area contributed by atoms with Gasteiger partial charge in [-0.05, 0) is 32.7 Å². The van der Waals surface area contributed by atoms with Gasteiger partial charge >= 0.3 is 0 Å². The van der Waals surface area contributed by atoms with E-state index in [2.05, 4.69) is 33.9 Å². The van der Waals surface area contributed by atoms with Gasteiger partial charge in [-0.3, -0.25) is 4.40 Å². The van der Waals surface area contributed by atoms with Crippen molar-refractivity contribution < 1.29 is 0 Å². The first-order valence-electron chi connectivity index (χ1n) is 6.38. The number of hydrogen-bond donors (Lipinski definition) is 1. The van der Waals surface area contributed by atoms with Crippen molar-refractivity contribution in [2.75, 3.05) is 6.54 Å². The lowest BCUT2D eigenvalue weighted by Gasteiger charge is -2.05. The van der Waals surface area contributed by atoms with Gasteiger partial charge in [-0.2, -0.15) is 0 Å². The molecule has 2 aromatic heterocycles. The summed E-state index contributed by atoms with van der Waals surface area (Å²) in [7, 11) is 0. The molecule has 0 aromatic carbocycles. The fraction of sp³-hybridized carbons (Fsp3) is 0.615. The molecular formula is C13H19N3S. The Balaban J connectivity index is 1.69. The maximum atomic E-state index is 4.60. The fourth-order valence-corrected chi connectivity index (χ4v) is 3.23. The number of nitrogens with zero attached hydrogens (tertiary/aromatic N) is 2. The Morgan fingerprint density at radius 3 is 3.06 bits per heavy atom. The highest BCUT2D eigenvalue weighted by Gasteiger charge is 2.20. The number of hydrogen-bond acceptors (Lipinski definition) is 3. The molecule has 1 saturated carbocycles. The third-order valence-corrected chi connectivity index (χ3v) is 4.49. The summed E-state index contributed by atoms with van der Waals surface area (Å²) in [5.41, 5.74) is 3.79. The summed E-state index contributed by atoms with van der Waals surface area (Å²) in [6.07, 6.45) is 4.23. The molecule has 4 heteroatoms. The lowest BCUT2D eigenvalue weighted by Crippen LogP contribution is -2.17. The van der Waals surface area contributed by atoms with Gasteiger partial charge in [-0.15, -0.1) is 11.3 Å². The van der Waals surface area contributed by atoms with Crippen molar-refractivity contribution >= 4 is 16.3 Å². The average molecular weight is 249 g/mol. The molecule has 0 radical (unpaired) electrons. The largest absolute Gasteiger partial charge is 0.311 e. The maximum absolute atomic E-state index is 4.60. The SMILES string of the molecule is Cc1nc2scc(C)n2c1CNCCC1CC1. The Labute approximate surface area is 106 Å². The molecule has 1 fully saturated rings. The standard InChI is InChI=1S/C13H19N3S/c1-9-8-17-13-15-10(2)12(16(9)13)7-14-6-5-11-3-4-11/h8,11,14H,3-7H2,1-2H3. The molecule has 0 unspecified atom stereocenters. The smallest absolute Gasteiger partial charge is 0.194 e. The molecule has 0 atom stereocenters. The monoisotopic (exact) mass is 249 g/mol. The van der Waals surface area contributed by atoms with Crippen LogP contribution in [0.4, 0.5) is 0 Å². The van der Waals surface area contributed by atoms with E-state index in [0.717, 1.165) is 24.0 Å². The second-order valence-corrected chi connectivity index (χ2v) is 5.88. The zero-order valence-electron chi connectivity index (χ0n) is 10.5. The molecule has 0 saturated heterocycles. The first-order valence-corrected chi connectivity index (χ1v) is 7.26. The number of rotatable bonds is 5. The van der Waals surface area contributed by atoms with Crippen LogP contribution in [0.15, 0.2) is 5.38 Å². The first kappa shape index (κ1) is 11.2. The molecule has 0 aliphatic heterocycles. The van der Waals surface area contributed by atoms with Crippen molar-refractivity contribution in [2.24, 2.45) is 5.92 Å². The van der Waals surface area contributed by atoms with Gasteiger partial charge in [0.1, 0.15) is 0 Å². The Morgan fingerprint density at radius 1 is 1.47 bits per heavy atom. The molecule has 2 heterocycles. The summed E-state index contributed by atoms with van der Waals surface area (Å²) in [6.45, 7) is 6.34. The van der Waals surface area contributed by atoms with E-state index in [9.17, 15) is 0 Å². The lowest BCUT2D eigenvalue weighted by atomic mass is 10.3. The normalized spacial score (nSPS) is 15.9. The highest BCUT2D eigenvalue weighted by atomic mass is 32.1. The van der Waals surface area contributed by atoms with Crippen LogP contribution < -0.4 is 5.32 Å². The van der Waals surface area contributed by atoms with Gasteiger partial charge in [0.25, 0.3) is 0 Å². The molecule has 17 heavy (non-hydrogen) atoms. The molecule has 0 spiro atoms. The second-order valence-electron chi connectivity index (χ2n) is 5.05. The van der Waals surface area contributed by atoms with Crippen LogP contribution in [0.5, 0.6) is 0 Å². The molecule has 92 valence electrons. The van der Waals surface area contributed by atoms with Crippen LogP contribution in [0.2, 0.25) is 0 Å². The molecule has 1 aliphatic carbocycles. The van der Waals surface area contributed by atoms with Crippen LogP contribution >= 0.6 is 11.3 Å². The number of nitrogens with one attached hydrogen (secondary N) is 1. The third kappa shape index (κ3) is 2.24. The van der Waals surface area contributed by atoms with E-state index in [1.165, 1.54) is 36.3 Å². The highest BCUT2D eigenvalue weighted by Crippen LogP contribution is 2.31. The predicted octanol–water partition coefficient (Wildman–Crippen LogP) is 2.90. The highest BCUT2D eigenvalue weighted by molar-refractivity contribution is 7.15. The van der Waals surface area contributed by atoms with E-state index in [0.29, 0.717) is 0 Å². The Kier molecular flexibility index (Phi) is 2.92. The van der Waals surface area contributed by atoms with Crippen molar-refractivity contribution in [3.63, 3.8) is 0 Å². The van der Waals surface area contributed by atoms with E-state index >= 15 is 0 Å². The summed E-state index contributed by atoms with van der Waals surface area (Å²) in [4.78, 5) is 5.73. The van der Waals surface area contributed by atoms with Gasteiger partial charge in [0, 0.05) is 17.6 Å². The van der Waals surface area contributed by atoms with Crippen molar-refractivity contribution in [3.05, 3.63) is 22.5 Å². The van der Waals surface area contributed by atoms with Crippen LogP contribution in [0.1, 0.15) is 36.3 Å². The minimum absolute atomic E-state index is 0.942. The summed E-state index contributed by atoms with van der Waals surface area (Å²) in [5.74, 6) is 1.01. The van der Waals surface area contributed by atoms with Crippen LogP contribution in [0, 0.1) is 19.8 Å². The van der Waals surface area contributed by atoms with Crippen LogP contribution in [0.25, 0.3) is 4.96 Å². The quantitative estimate of drug-likeness (QED) is 0.826. The molecule has 3 rings (SSSR count). The molecule has 0 amide bonds. The Bertz CT molecular complexity index is 522. The Morgan fingerprint density at radius 2 is 2.29 bits per heavy atom. The van der Waals surface area contributed by atoms with Crippen molar-refractivity contribution in [2.45, 2.75) is 39.7 Å². The number of aryl methyl sites for hydroxylation is 2. The van der Waals surface area contributed by atoms with E-state index in [4.69, 9.17) is 0 Å². The summed E-state index contributed by atoms with van der Waals surface area (Å²) < 4.78 is 2.28. The van der Waals surface area contributed by atoms with E-state index in [-0.39, 0.29) is 0 Å². The molecular weight excluding hydrogens is 230 g/mol.